The van der Waals surface area contributed by atoms with E-state index in [2.05, 4.69) is 10.2 Å². The average molecular weight is 335 g/mol. The van der Waals surface area contributed by atoms with Crippen LogP contribution in [0.5, 0.6) is 0 Å². The van der Waals surface area contributed by atoms with E-state index in [1.54, 1.807) is 0 Å². The van der Waals surface area contributed by atoms with E-state index in [1.165, 1.54) is 12.1 Å². The van der Waals surface area contributed by atoms with Crippen LogP contribution in [0.15, 0.2) is 24.3 Å². The highest BCUT2D eigenvalue weighted by atomic mass is 35.5. The standard InChI is InChI=1S/C15H18ClF3N2O/c16-9-14(22)20-10-13(21-7-1-2-8-21)11-3-5-12(6-4-11)15(17,18)19/h3-6,13H,1-2,7-10H2,(H,20,22). The monoisotopic (exact) mass is 334 g/mol. The van der Waals surface area contributed by atoms with Crippen molar-refractivity contribution < 1.29 is 18.0 Å². The molecule has 2 rings (SSSR count). The van der Waals surface area contributed by atoms with Crippen molar-refractivity contribution in [2.45, 2.75) is 25.1 Å². The molecular weight excluding hydrogens is 317 g/mol. The molecule has 0 bridgehead atoms. The smallest absolute Gasteiger partial charge is 0.353 e. The molecule has 1 aliphatic rings. The molecule has 0 aliphatic carbocycles. The summed E-state index contributed by atoms with van der Waals surface area (Å²) in [5.41, 5.74) is 0.103. The molecular formula is C15H18ClF3N2O. The van der Waals surface area contributed by atoms with E-state index >= 15 is 0 Å². The molecule has 1 aromatic rings. The van der Waals surface area contributed by atoms with Crippen LogP contribution >= 0.6 is 11.6 Å². The van der Waals surface area contributed by atoms with Crippen LogP contribution < -0.4 is 5.32 Å². The molecule has 1 N–H and O–H groups in total. The lowest BCUT2D eigenvalue weighted by Crippen LogP contribution is -2.37. The summed E-state index contributed by atoms with van der Waals surface area (Å²) in [7, 11) is 0. The SMILES string of the molecule is O=C(CCl)NCC(c1ccc(C(F)(F)F)cc1)N1CCCC1. The summed E-state index contributed by atoms with van der Waals surface area (Å²) >= 11 is 5.46. The van der Waals surface area contributed by atoms with Crippen LogP contribution in [-0.4, -0.2) is 36.3 Å². The Morgan fingerprint density at radius 2 is 1.82 bits per heavy atom. The van der Waals surface area contributed by atoms with Crippen molar-refractivity contribution in [2.24, 2.45) is 0 Å². The number of carbonyl (C=O) groups excluding carboxylic acids is 1. The third-order valence-electron chi connectivity index (χ3n) is 3.82. The Morgan fingerprint density at radius 3 is 2.32 bits per heavy atom. The van der Waals surface area contributed by atoms with Crippen molar-refractivity contribution >= 4 is 17.5 Å². The van der Waals surface area contributed by atoms with Crippen LogP contribution in [0.2, 0.25) is 0 Å². The second-order valence-electron chi connectivity index (χ2n) is 5.32. The Labute approximate surface area is 132 Å². The Bertz CT molecular complexity index is 499. The Balaban J connectivity index is 2.14. The summed E-state index contributed by atoms with van der Waals surface area (Å²) < 4.78 is 37.9. The molecule has 7 heteroatoms. The lowest BCUT2D eigenvalue weighted by molar-refractivity contribution is -0.137. The van der Waals surface area contributed by atoms with Crippen LogP contribution in [0.1, 0.15) is 30.0 Å². The van der Waals surface area contributed by atoms with Crippen LogP contribution in [0, 0.1) is 0 Å². The molecule has 0 spiro atoms. The quantitative estimate of drug-likeness (QED) is 0.839. The van der Waals surface area contributed by atoms with Gasteiger partial charge in [-0.3, -0.25) is 9.69 Å². The fourth-order valence-corrected chi connectivity index (χ4v) is 2.76. The van der Waals surface area contributed by atoms with Gasteiger partial charge in [0.05, 0.1) is 11.6 Å². The Kier molecular flexibility index (Phi) is 5.69. The van der Waals surface area contributed by atoms with Gasteiger partial charge < -0.3 is 5.32 Å². The summed E-state index contributed by atoms with van der Waals surface area (Å²) in [6, 6.07) is 5.01. The molecule has 1 fully saturated rings. The van der Waals surface area contributed by atoms with Crippen LogP contribution in [-0.2, 0) is 11.0 Å². The highest BCUT2D eigenvalue weighted by molar-refractivity contribution is 6.27. The van der Waals surface area contributed by atoms with Gasteiger partial charge in [0.15, 0.2) is 0 Å². The summed E-state index contributed by atoms with van der Waals surface area (Å²) in [5.74, 6) is -0.405. The first-order chi connectivity index (χ1) is 10.4. The zero-order valence-corrected chi connectivity index (χ0v) is 12.8. The number of nitrogens with zero attached hydrogens (tertiary/aromatic N) is 1. The van der Waals surface area contributed by atoms with Crippen molar-refractivity contribution in [3.63, 3.8) is 0 Å². The molecule has 1 aliphatic heterocycles. The molecule has 3 nitrogen and oxygen atoms in total. The first-order valence-electron chi connectivity index (χ1n) is 7.15. The number of amides is 1. The number of hydrogen-bond acceptors (Lipinski definition) is 2. The van der Waals surface area contributed by atoms with Crippen molar-refractivity contribution in [1.82, 2.24) is 10.2 Å². The second kappa shape index (κ2) is 7.33. The highest BCUT2D eigenvalue weighted by Gasteiger charge is 2.31. The van der Waals surface area contributed by atoms with E-state index in [0.717, 1.165) is 43.6 Å². The third-order valence-corrected chi connectivity index (χ3v) is 4.06. The summed E-state index contributed by atoms with van der Waals surface area (Å²) in [6.45, 7) is 2.10. The molecule has 1 aromatic carbocycles. The number of benzene rings is 1. The second-order valence-corrected chi connectivity index (χ2v) is 5.58. The van der Waals surface area contributed by atoms with Crippen molar-refractivity contribution in [2.75, 3.05) is 25.5 Å². The fraction of sp³-hybridized carbons (Fsp3) is 0.533. The minimum atomic E-state index is -4.34. The normalized spacial score (nSPS) is 17.5. The van der Waals surface area contributed by atoms with Gasteiger partial charge in [-0.1, -0.05) is 12.1 Å². The van der Waals surface area contributed by atoms with E-state index in [9.17, 15) is 18.0 Å². The molecule has 22 heavy (non-hydrogen) atoms. The average Bonchev–Trinajstić information content (AvgIpc) is 3.01. The maximum absolute atomic E-state index is 12.6. The molecule has 1 heterocycles. The number of rotatable bonds is 5. The van der Waals surface area contributed by atoms with Gasteiger partial charge in [0.2, 0.25) is 5.91 Å². The van der Waals surface area contributed by atoms with Gasteiger partial charge in [0.1, 0.15) is 5.88 Å². The molecule has 1 atom stereocenters. The minimum absolute atomic E-state index is 0.125. The van der Waals surface area contributed by atoms with Gasteiger partial charge in [-0.2, -0.15) is 13.2 Å². The molecule has 122 valence electrons. The summed E-state index contributed by atoms with van der Waals surface area (Å²) in [4.78, 5) is 13.5. The molecule has 1 amide bonds. The Hall–Kier alpha value is -1.27. The van der Waals surface area contributed by atoms with Crippen LogP contribution in [0.3, 0.4) is 0 Å². The van der Waals surface area contributed by atoms with E-state index < -0.39 is 11.7 Å². The summed E-state index contributed by atoms with van der Waals surface area (Å²) in [6.07, 6.45) is -2.23. The van der Waals surface area contributed by atoms with E-state index in [0.29, 0.717) is 6.54 Å². The predicted octanol–water partition coefficient (Wildman–Crippen LogP) is 3.20. The van der Waals surface area contributed by atoms with Crippen molar-refractivity contribution in [1.29, 1.82) is 0 Å². The fourth-order valence-electron chi connectivity index (χ4n) is 2.66. The number of hydrogen-bond donors (Lipinski definition) is 1. The van der Waals surface area contributed by atoms with E-state index in [-0.39, 0.29) is 17.8 Å². The predicted molar refractivity (Wildman–Crippen MR) is 78.7 cm³/mol. The topological polar surface area (TPSA) is 32.3 Å². The summed E-state index contributed by atoms with van der Waals surface area (Å²) in [5, 5.41) is 2.72. The Morgan fingerprint density at radius 1 is 1.23 bits per heavy atom. The van der Waals surface area contributed by atoms with Gasteiger partial charge in [-0.25, -0.2) is 0 Å². The third kappa shape index (κ3) is 4.36. The molecule has 0 radical (unpaired) electrons. The van der Waals surface area contributed by atoms with Gasteiger partial charge in [0, 0.05) is 6.54 Å². The lowest BCUT2D eigenvalue weighted by atomic mass is 10.0. The minimum Gasteiger partial charge on any atom is -0.353 e. The van der Waals surface area contributed by atoms with E-state index in [1.807, 2.05) is 0 Å². The molecule has 0 saturated carbocycles. The van der Waals surface area contributed by atoms with Gasteiger partial charge in [-0.15, -0.1) is 11.6 Å². The largest absolute Gasteiger partial charge is 0.416 e. The highest BCUT2D eigenvalue weighted by Crippen LogP contribution is 2.31. The van der Waals surface area contributed by atoms with Gasteiger partial charge >= 0.3 is 6.18 Å². The molecule has 1 unspecified atom stereocenters. The number of alkyl halides is 4. The maximum Gasteiger partial charge on any atom is 0.416 e. The lowest BCUT2D eigenvalue weighted by Gasteiger charge is -2.28. The van der Waals surface area contributed by atoms with E-state index in [4.69, 9.17) is 11.6 Å². The van der Waals surface area contributed by atoms with Gasteiger partial charge in [0.25, 0.3) is 0 Å². The van der Waals surface area contributed by atoms with Crippen molar-refractivity contribution in [3.8, 4) is 0 Å². The first-order valence-corrected chi connectivity index (χ1v) is 7.69. The zero-order chi connectivity index (χ0) is 16.2. The number of carbonyl (C=O) groups is 1. The maximum atomic E-state index is 12.6. The zero-order valence-electron chi connectivity index (χ0n) is 12.0. The first kappa shape index (κ1) is 17.1. The van der Waals surface area contributed by atoms with Crippen molar-refractivity contribution in [3.05, 3.63) is 35.4 Å². The van der Waals surface area contributed by atoms with Gasteiger partial charge in [-0.05, 0) is 43.6 Å². The number of nitrogens with one attached hydrogen (secondary N) is 1. The number of halogens is 4. The molecule has 1 saturated heterocycles. The number of likely N-dealkylation sites (tertiary alicyclic amines) is 1. The molecule has 0 aromatic heterocycles. The van der Waals surface area contributed by atoms with Crippen LogP contribution in [0.4, 0.5) is 13.2 Å². The van der Waals surface area contributed by atoms with Crippen LogP contribution in [0.25, 0.3) is 0 Å².